The molecular formula is C13H16INO3. The summed E-state index contributed by atoms with van der Waals surface area (Å²) in [6, 6.07) is 6.60. The van der Waals surface area contributed by atoms with Gasteiger partial charge >= 0.3 is 5.97 Å². The predicted molar refractivity (Wildman–Crippen MR) is 77.3 cm³/mol. The maximum absolute atomic E-state index is 12.1. The molecule has 1 amide bonds. The molecule has 0 fully saturated rings. The highest BCUT2D eigenvalue weighted by Crippen LogP contribution is 2.12. The van der Waals surface area contributed by atoms with Gasteiger partial charge in [0.2, 0.25) is 0 Å². The Bertz CT molecular complexity index is 446. The molecule has 18 heavy (non-hydrogen) atoms. The van der Waals surface area contributed by atoms with E-state index in [0.29, 0.717) is 5.56 Å². The quantitative estimate of drug-likeness (QED) is 0.661. The molecule has 0 aliphatic carbocycles. The van der Waals surface area contributed by atoms with Crippen molar-refractivity contribution in [3.63, 3.8) is 0 Å². The van der Waals surface area contributed by atoms with E-state index in [1.54, 1.807) is 12.1 Å². The van der Waals surface area contributed by atoms with Crippen LogP contribution in [-0.4, -0.2) is 25.0 Å². The van der Waals surface area contributed by atoms with Gasteiger partial charge in [-0.3, -0.25) is 4.79 Å². The number of halogens is 1. The number of methoxy groups -OCH3 is 1. The van der Waals surface area contributed by atoms with Crippen LogP contribution in [0.5, 0.6) is 0 Å². The van der Waals surface area contributed by atoms with E-state index in [0.717, 1.165) is 3.57 Å². The number of nitrogens with one attached hydrogen (secondary N) is 1. The van der Waals surface area contributed by atoms with Gasteiger partial charge in [0, 0.05) is 3.57 Å². The summed E-state index contributed by atoms with van der Waals surface area (Å²) in [6.45, 7) is 3.72. The number of rotatable bonds is 4. The van der Waals surface area contributed by atoms with Crippen LogP contribution in [0.3, 0.4) is 0 Å². The van der Waals surface area contributed by atoms with Gasteiger partial charge in [0.15, 0.2) is 0 Å². The van der Waals surface area contributed by atoms with Gasteiger partial charge in [-0.25, -0.2) is 4.79 Å². The third-order valence-electron chi connectivity index (χ3n) is 2.53. The van der Waals surface area contributed by atoms with E-state index in [1.165, 1.54) is 7.11 Å². The molecule has 1 aromatic carbocycles. The van der Waals surface area contributed by atoms with Crippen LogP contribution < -0.4 is 5.32 Å². The van der Waals surface area contributed by atoms with Crippen LogP contribution in [0.4, 0.5) is 0 Å². The van der Waals surface area contributed by atoms with Crippen molar-refractivity contribution in [2.24, 2.45) is 5.92 Å². The summed E-state index contributed by atoms with van der Waals surface area (Å²) in [5.74, 6) is -0.712. The molecule has 0 aliphatic rings. The standard InChI is InChI=1S/C13H16INO3/c1-8(2)11(13(17)18-3)15-12(16)9-6-4-5-7-10(9)14/h4-8,11H,1-3H3,(H,15,16)/t11-/m0/s1. The number of esters is 1. The largest absolute Gasteiger partial charge is 0.467 e. The van der Waals surface area contributed by atoms with Crippen LogP contribution in [0.1, 0.15) is 24.2 Å². The lowest BCUT2D eigenvalue weighted by Gasteiger charge is -2.20. The Balaban J connectivity index is 2.86. The molecule has 0 bridgehead atoms. The van der Waals surface area contributed by atoms with E-state index in [9.17, 15) is 9.59 Å². The zero-order valence-corrected chi connectivity index (χ0v) is 12.7. The van der Waals surface area contributed by atoms with Gasteiger partial charge in [0.25, 0.3) is 5.91 Å². The summed E-state index contributed by atoms with van der Waals surface area (Å²) >= 11 is 2.09. The van der Waals surface area contributed by atoms with Crippen molar-refractivity contribution in [2.45, 2.75) is 19.9 Å². The molecule has 0 aliphatic heterocycles. The van der Waals surface area contributed by atoms with E-state index >= 15 is 0 Å². The Labute approximate surface area is 120 Å². The van der Waals surface area contributed by atoms with E-state index in [1.807, 2.05) is 26.0 Å². The normalized spacial score (nSPS) is 12.1. The third-order valence-corrected chi connectivity index (χ3v) is 3.47. The molecule has 0 heterocycles. The van der Waals surface area contributed by atoms with Crippen molar-refractivity contribution in [3.8, 4) is 0 Å². The van der Waals surface area contributed by atoms with Crippen LogP contribution in [0.25, 0.3) is 0 Å². The Morgan fingerprint density at radius 3 is 2.39 bits per heavy atom. The Morgan fingerprint density at radius 2 is 1.89 bits per heavy atom. The van der Waals surface area contributed by atoms with E-state index in [4.69, 9.17) is 0 Å². The van der Waals surface area contributed by atoms with Gasteiger partial charge in [0.05, 0.1) is 12.7 Å². The first-order valence-electron chi connectivity index (χ1n) is 5.60. The fourth-order valence-electron chi connectivity index (χ4n) is 1.49. The molecule has 4 nitrogen and oxygen atoms in total. The van der Waals surface area contributed by atoms with Gasteiger partial charge < -0.3 is 10.1 Å². The van der Waals surface area contributed by atoms with Crippen LogP contribution in [0.15, 0.2) is 24.3 Å². The predicted octanol–water partition coefficient (Wildman–Crippen LogP) is 2.22. The monoisotopic (exact) mass is 361 g/mol. The van der Waals surface area contributed by atoms with Gasteiger partial charge in [-0.1, -0.05) is 26.0 Å². The number of hydrogen-bond donors (Lipinski definition) is 1. The van der Waals surface area contributed by atoms with E-state index in [2.05, 4.69) is 32.6 Å². The van der Waals surface area contributed by atoms with Gasteiger partial charge in [0.1, 0.15) is 6.04 Å². The Hall–Kier alpha value is -1.11. The minimum Gasteiger partial charge on any atom is -0.467 e. The lowest BCUT2D eigenvalue weighted by atomic mass is 10.0. The van der Waals surface area contributed by atoms with Crippen LogP contribution in [0, 0.1) is 9.49 Å². The highest BCUT2D eigenvalue weighted by atomic mass is 127. The average Bonchev–Trinajstić information content (AvgIpc) is 2.35. The molecule has 98 valence electrons. The summed E-state index contributed by atoms with van der Waals surface area (Å²) in [5.41, 5.74) is 0.563. The van der Waals surface area contributed by atoms with Crippen molar-refractivity contribution in [1.82, 2.24) is 5.32 Å². The third kappa shape index (κ3) is 3.69. The molecule has 0 radical (unpaired) electrons. The van der Waals surface area contributed by atoms with E-state index < -0.39 is 12.0 Å². The van der Waals surface area contributed by atoms with E-state index in [-0.39, 0.29) is 11.8 Å². The Kier molecular flexibility index (Phi) is 5.58. The molecule has 0 unspecified atom stereocenters. The summed E-state index contributed by atoms with van der Waals surface area (Å²) in [4.78, 5) is 23.6. The molecule has 1 aromatic rings. The molecule has 1 rings (SSSR count). The zero-order valence-electron chi connectivity index (χ0n) is 10.6. The fourth-order valence-corrected chi connectivity index (χ4v) is 2.12. The van der Waals surface area contributed by atoms with Crippen molar-refractivity contribution < 1.29 is 14.3 Å². The van der Waals surface area contributed by atoms with Gasteiger partial charge in [-0.2, -0.15) is 0 Å². The zero-order chi connectivity index (χ0) is 13.7. The van der Waals surface area contributed by atoms with Crippen molar-refractivity contribution >= 4 is 34.5 Å². The summed E-state index contributed by atoms with van der Waals surface area (Å²) in [7, 11) is 1.32. The number of benzene rings is 1. The smallest absolute Gasteiger partial charge is 0.328 e. The minimum atomic E-state index is -0.626. The second-order valence-electron chi connectivity index (χ2n) is 4.20. The molecule has 1 N–H and O–H groups in total. The molecule has 0 spiro atoms. The van der Waals surface area contributed by atoms with Crippen LogP contribution in [-0.2, 0) is 9.53 Å². The summed E-state index contributed by atoms with van der Waals surface area (Å²) in [5, 5.41) is 2.71. The lowest BCUT2D eigenvalue weighted by molar-refractivity contribution is -0.144. The molecule has 0 aromatic heterocycles. The molecule has 1 atom stereocenters. The average molecular weight is 361 g/mol. The topological polar surface area (TPSA) is 55.4 Å². The summed E-state index contributed by atoms with van der Waals surface area (Å²) in [6.07, 6.45) is 0. The molecule has 5 heteroatoms. The Morgan fingerprint density at radius 1 is 1.28 bits per heavy atom. The van der Waals surface area contributed by atoms with Crippen molar-refractivity contribution in [1.29, 1.82) is 0 Å². The first-order chi connectivity index (χ1) is 8.47. The number of hydrogen-bond acceptors (Lipinski definition) is 3. The van der Waals surface area contributed by atoms with Crippen LogP contribution >= 0.6 is 22.6 Å². The van der Waals surface area contributed by atoms with Gasteiger partial charge in [-0.15, -0.1) is 0 Å². The highest BCUT2D eigenvalue weighted by Gasteiger charge is 2.25. The van der Waals surface area contributed by atoms with Crippen molar-refractivity contribution in [3.05, 3.63) is 33.4 Å². The maximum atomic E-state index is 12.1. The highest BCUT2D eigenvalue weighted by molar-refractivity contribution is 14.1. The first-order valence-corrected chi connectivity index (χ1v) is 6.68. The van der Waals surface area contributed by atoms with Crippen molar-refractivity contribution in [2.75, 3.05) is 7.11 Å². The van der Waals surface area contributed by atoms with Crippen LogP contribution in [0.2, 0.25) is 0 Å². The minimum absolute atomic E-state index is 0.0252. The lowest BCUT2D eigenvalue weighted by Crippen LogP contribution is -2.45. The number of carbonyl (C=O) groups is 2. The fraction of sp³-hybridized carbons (Fsp3) is 0.385. The number of carbonyl (C=O) groups excluding carboxylic acids is 2. The number of ether oxygens (including phenoxy) is 1. The molecular weight excluding hydrogens is 345 g/mol. The second kappa shape index (κ2) is 6.72. The number of amides is 1. The maximum Gasteiger partial charge on any atom is 0.328 e. The first kappa shape index (κ1) is 14.9. The SMILES string of the molecule is COC(=O)[C@@H](NC(=O)c1ccccc1I)C(C)C. The molecule has 0 saturated heterocycles. The molecule has 0 saturated carbocycles. The van der Waals surface area contributed by atoms with Gasteiger partial charge in [-0.05, 0) is 40.6 Å². The second-order valence-corrected chi connectivity index (χ2v) is 5.36. The summed E-state index contributed by atoms with van der Waals surface area (Å²) < 4.78 is 5.53.